The number of carbonyl (C=O) groups is 7. The van der Waals surface area contributed by atoms with Gasteiger partial charge in [-0.25, -0.2) is 9.59 Å². The Hall–Kier alpha value is -5.40. The molecule has 0 saturated carbocycles. The first-order chi connectivity index (χ1) is 33.4. The van der Waals surface area contributed by atoms with Gasteiger partial charge in [-0.15, -0.1) is 0 Å². The maximum absolute atomic E-state index is 15.2. The number of esters is 1. The van der Waals surface area contributed by atoms with Crippen molar-refractivity contribution in [1.29, 1.82) is 5.26 Å². The van der Waals surface area contributed by atoms with Crippen LogP contribution in [-0.4, -0.2) is 117 Å². The molecule has 390 valence electrons. The molecule has 3 rings (SSSR count). The fourth-order valence-electron chi connectivity index (χ4n) is 9.18. The van der Waals surface area contributed by atoms with Gasteiger partial charge in [0.15, 0.2) is 17.7 Å². The predicted molar refractivity (Wildman–Crippen MR) is 279 cm³/mol. The zero-order valence-corrected chi connectivity index (χ0v) is 45.4. The molecule has 3 aromatic rings. The molecule has 0 bridgehead atoms. The third-order valence-corrected chi connectivity index (χ3v) is 13.8. The number of rotatable bonds is 30. The lowest BCUT2D eigenvalue weighted by Gasteiger charge is -2.34. The molecule has 7 atom stereocenters. The molecule has 15 nitrogen and oxygen atoms in total. The number of aromatic nitrogens is 1. The quantitative estimate of drug-likeness (QED) is 0.0603. The number of ketones is 2. The molecule has 16 heteroatoms. The minimum Gasteiger partial charge on any atom is -0.479 e. The molecule has 1 aromatic heterocycles. The van der Waals surface area contributed by atoms with Gasteiger partial charge >= 0.3 is 11.9 Å². The number of nitrogens with zero attached hydrogens (tertiary/aromatic N) is 5. The summed E-state index contributed by atoms with van der Waals surface area (Å²) < 4.78 is 8.29. The summed E-state index contributed by atoms with van der Waals surface area (Å²) >= 11 is 3.52. The zero-order chi connectivity index (χ0) is 53.3. The fraction of sp³-hybridized carbons (Fsp3) is 0.600. The molecule has 0 aliphatic carbocycles. The molecule has 3 amide bonds. The summed E-state index contributed by atoms with van der Waals surface area (Å²) in [6, 6.07) is 13.8. The van der Waals surface area contributed by atoms with E-state index in [-0.39, 0.29) is 68.0 Å². The van der Waals surface area contributed by atoms with E-state index in [1.165, 1.54) is 23.8 Å². The Morgan fingerprint density at radius 2 is 1.28 bits per heavy atom. The van der Waals surface area contributed by atoms with Crippen molar-refractivity contribution in [3.63, 3.8) is 0 Å². The van der Waals surface area contributed by atoms with Gasteiger partial charge in [-0.1, -0.05) is 108 Å². The van der Waals surface area contributed by atoms with Crippen LogP contribution in [0.4, 0.5) is 0 Å². The van der Waals surface area contributed by atoms with Crippen LogP contribution in [0.3, 0.4) is 0 Å². The normalized spacial score (nSPS) is 14.5. The molecule has 71 heavy (non-hydrogen) atoms. The highest BCUT2D eigenvalue weighted by Crippen LogP contribution is 2.30. The summed E-state index contributed by atoms with van der Waals surface area (Å²) in [6.07, 6.45) is 2.74. The molecular weight excluding hydrogens is 969 g/mol. The number of amides is 3. The Kier molecular flexibility index (Phi) is 24.1. The fourth-order valence-corrected chi connectivity index (χ4v) is 9.44. The number of halogens is 1. The number of nitriles is 1. The summed E-state index contributed by atoms with van der Waals surface area (Å²) in [5, 5.41) is 19.5. The first-order valence-electron chi connectivity index (χ1n) is 25.1. The van der Waals surface area contributed by atoms with Gasteiger partial charge in [0.25, 0.3) is 0 Å². The van der Waals surface area contributed by atoms with Crippen molar-refractivity contribution < 1.29 is 43.4 Å². The molecule has 0 aliphatic rings. The Bertz CT molecular complexity index is 2320. The van der Waals surface area contributed by atoms with Crippen LogP contribution in [0.15, 0.2) is 59.2 Å². The number of benzene rings is 2. The number of carboxylic acids is 1. The highest BCUT2D eigenvalue weighted by atomic mass is 79.9. The van der Waals surface area contributed by atoms with E-state index in [4.69, 9.17) is 15.7 Å². The van der Waals surface area contributed by atoms with Crippen LogP contribution in [0, 0.1) is 40.9 Å². The van der Waals surface area contributed by atoms with E-state index in [1.807, 2.05) is 109 Å². The van der Waals surface area contributed by atoms with Gasteiger partial charge in [0, 0.05) is 93.2 Å². The van der Waals surface area contributed by atoms with Gasteiger partial charge in [-0.3, -0.25) is 24.0 Å². The van der Waals surface area contributed by atoms with Gasteiger partial charge in [-0.2, -0.15) is 5.26 Å². The number of carbonyl (C=O) groups excluding carboxylic acids is 6. The first kappa shape index (κ1) is 59.9. The third-order valence-electron chi connectivity index (χ3n) is 13.2. The monoisotopic (exact) mass is 1050 g/mol. The topological polar surface area (TPSA) is 213 Å². The second-order valence-corrected chi connectivity index (χ2v) is 21.4. The van der Waals surface area contributed by atoms with E-state index in [2.05, 4.69) is 20.5 Å². The largest absolute Gasteiger partial charge is 0.479 e. The summed E-state index contributed by atoms with van der Waals surface area (Å²) in [6.45, 7) is 15.6. The highest BCUT2D eigenvalue weighted by molar-refractivity contribution is 9.10. The molecule has 0 unspecified atom stereocenters. The smallest absolute Gasteiger partial charge is 0.345 e. The maximum Gasteiger partial charge on any atom is 0.345 e. The number of ether oxygens (including phenoxy) is 1. The third kappa shape index (κ3) is 17.7. The van der Waals surface area contributed by atoms with Crippen LogP contribution >= 0.6 is 15.9 Å². The molecule has 0 saturated heterocycles. The number of carboxylic acid groups (broad SMARTS) is 1. The number of hydrogen-bond acceptors (Lipinski definition) is 10. The first-order valence-corrected chi connectivity index (χ1v) is 25.9. The minimum absolute atomic E-state index is 0.0179. The molecular formula is C55H79BrN6O9. The van der Waals surface area contributed by atoms with E-state index in [1.54, 1.807) is 14.1 Å². The summed E-state index contributed by atoms with van der Waals surface area (Å²) in [7, 11) is 4.58. The average molecular weight is 1050 g/mol. The van der Waals surface area contributed by atoms with Crippen LogP contribution in [0.5, 0.6) is 0 Å². The second kappa shape index (κ2) is 28.6. The lowest BCUT2D eigenvalue weighted by atomic mass is 9.85. The number of likely N-dealkylation sites (N-methyl/N-ethyl adjacent to an activating group) is 3. The molecule has 0 radical (unpaired) electrons. The Morgan fingerprint density at radius 1 is 0.746 bits per heavy atom. The van der Waals surface area contributed by atoms with Crippen LogP contribution in [0.25, 0.3) is 10.9 Å². The van der Waals surface area contributed by atoms with Crippen molar-refractivity contribution in [2.45, 2.75) is 163 Å². The van der Waals surface area contributed by atoms with Gasteiger partial charge in [0.05, 0.1) is 24.2 Å². The highest BCUT2D eigenvalue weighted by Gasteiger charge is 2.39. The van der Waals surface area contributed by atoms with Crippen LogP contribution in [0.1, 0.15) is 131 Å². The van der Waals surface area contributed by atoms with Gasteiger partial charge in [0.2, 0.25) is 17.7 Å². The molecule has 2 aromatic carbocycles. The van der Waals surface area contributed by atoms with Crippen molar-refractivity contribution >= 4 is 68.1 Å². The van der Waals surface area contributed by atoms with E-state index in [9.17, 15) is 29.1 Å². The number of hydrogen-bond donors (Lipinski definition) is 2. The van der Waals surface area contributed by atoms with Crippen molar-refractivity contribution in [3.05, 3.63) is 70.3 Å². The Balaban J connectivity index is 2.12. The molecule has 1 heterocycles. The van der Waals surface area contributed by atoms with E-state index < -0.39 is 71.6 Å². The number of fused-ring (bicyclic) bond motifs is 1. The van der Waals surface area contributed by atoms with Gasteiger partial charge in [-0.05, 0) is 79.7 Å². The molecule has 0 fully saturated rings. The summed E-state index contributed by atoms with van der Waals surface area (Å²) in [4.78, 5) is 102. The number of nitrogens with two attached hydrogens (primary N) is 1. The molecule has 3 N–H and O–H groups in total. The summed E-state index contributed by atoms with van der Waals surface area (Å²) in [5.41, 5.74) is 9.10. The van der Waals surface area contributed by atoms with E-state index >= 15 is 9.59 Å². The van der Waals surface area contributed by atoms with E-state index in [0.717, 1.165) is 44.2 Å². The number of unbranched alkanes of at least 4 members (excludes halogenated alkanes) is 1. The number of Topliss-reactive ketones (excluding diaryl/α,β-unsaturated/α-hetero) is 2. The average Bonchev–Trinajstić information content (AvgIpc) is 3.66. The number of para-hydroxylation sites is 1. The van der Waals surface area contributed by atoms with Crippen molar-refractivity contribution in [1.82, 2.24) is 19.3 Å². The SMILES string of the molecule is CCCC[C@H](N)C(=O)N(C)[C@@H](CC(C)C)C(=O)C[C@@H](CC(C)C)C(=O)N(C)[C@@H](Cc1cn(Cc2ccc(Br)cc2)c2ccccc12)C(=O)C[C@@H](CC(C)C)C(=O)N(C)[C@@H](C)C(=O)O[C@H](CCC#N)C(=O)O. The lowest BCUT2D eigenvalue weighted by molar-refractivity contribution is -0.169. The lowest BCUT2D eigenvalue weighted by Crippen LogP contribution is -2.51. The van der Waals surface area contributed by atoms with Crippen LogP contribution in [0.2, 0.25) is 0 Å². The van der Waals surface area contributed by atoms with Crippen LogP contribution in [-0.2, 0) is 51.3 Å². The standard InChI is InChI=1S/C55H79BrN6O9/c1-12-13-18-44(58)53(67)61(11)46(28-36(6)7)48(63)31-40(27-35(4)5)52(66)60(10)47(29-41-33-62(45-19-15-14-17-43(41)45)32-38-21-23-42(56)24-22-38)49(64)30-39(26-34(2)3)51(65)59(9)37(8)55(70)71-50(54(68)69)20-16-25-57/h14-15,17,19,21-24,33-37,39-40,44,46-47,50H,12-13,16,18,20,26-32,58H2,1-11H3,(H,68,69)/t37-,39+,40+,44-,46-,47-,50+/m0/s1. The zero-order valence-electron chi connectivity index (χ0n) is 43.9. The summed E-state index contributed by atoms with van der Waals surface area (Å²) in [5.74, 6) is -6.15. The Morgan fingerprint density at radius 3 is 1.82 bits per heavy atom. The van der Waals surface area contributed by atoms with Gasteiger partial charge < -0.3 is 34.8 Å². The predicted octanol–water partition coefficient (Wildman–Crippen LogP) is 8.60. The molecule has 0 spiro atoms. The number of aliphatic carboxylic acids is 1. The van der Waals surface area contributed by atoms with Gasteiger partial charge in [0.1, 0.15) is 6.04 Å². The van der Waals surface area contributed by atoms with Crippen molar-refractivity contribution in [3.8, 4) is 6.07 Å². The van der Waals surface area contributed by atoms with Crippen molar-refractivity contribution in [2.75, 3.05) is 21.1 Å². The molecule has 0 aliphatic heterocycles. The Labute approximate surface area is 429 Å². The van der Waals surface area contributed by atoms with Crippen molar-refractivity contribution in [2.24, 2.45) is 35.3 Å². The van der Waals surface area contributed by atoms with Crippen LogP contribution < -0.4 is 5.73 Å². The van der Waals surface area contributed by atoms with E-state index in [0.29, 0.717) is 25.8 Å². The minimum atomic E-state index is -1.58. The maximum atomic E-state index is 15.2. The second-order valence-electron chi connectivity index (χ2n) is 20.5.